The van der Waals surface area contributed by atoms with Crippen molar-refractivity contribution in [1.82, 2.24) is 5.32 Å². The van der Waals surface area contributed by atoms with Crippen LogP contribution in [0.4, 0.5) is 0 Å². The zero-order chi connectivity index (χ0) is 13.0. The summed E-state index contributed by atoms with van der Waals surface area (Å²) in [6.07, 6.45) is 0.820. The molecule has 0 amide bonds. The van der Waals surface area contributed by atoms with Crippen LogP contribution in [0.3, 0.4) is 0 Å². The molecule has 1 fully saturated rings. The molecule has 1 N–H and O–H groups in total. The molecule has 0 radical (unpaired) electrons. The van der Waals surface area contributed by atoms with Crippen LogP contribution >= 0.6 is 0 Å². The summed E-state index contributed by atoms with van der Waals surface area (Å²) in [7, 11) is 1.64. The van der Waals surface area contributed by atoms with Crippen molar-refractivity contribution in [3.63, 3.8) is 0 Å². The second kappa shape index (κ2) is 5.87. The Hall–Kier alpha value is -1.55. The fourth-order valence-corrected chi connectivity index (χ4v) is 2.39. The molecule has 1 aromatic carbocycles. The first-order chi connectivity index (χ1) is 8.76. The van der Waals surface area contributed by atoms with Crippen molar-refractivity contribution in [3.05, 3.63) is 29.8 Å². The summed E-state index contributed by atoms with van der Waals surface area (Å²) in [6, 6.07) is 7.85. The number of benzene rings is 1. The summed E-state index contributed by atoms with van der Waals surface area (Å²) in [6.45, 7) is 3.10. The maximum absolute atomic E-state index is 11.9. The molecule has 0 aromatic heterocycles. The van der Waals surface area contributed by atoms with Gasteiger partial charge in [0, 0.05) is 6.04 Å². The fraction of sp³-hybridized carbons (Fsp3) is 0.500. The molecule has 0 bridgehead atoms. The monoisotopic (exact) mass is 249 g/mol. The molecular weight excluding hydrogens is 230 g/mol. The number of ether oxygens (including phenoxy) is 2. The van der Waals surface area contributed by atoms with E-state index in [2.05, 4.69) is 5.32 Å². The highest BCUT2D eigenvalue weighted by Gasteiger charge is 2.34. The van der Waals surface area contributed by atoms with Gasteiger partial charge in [0.15, 0.2) is 0 Å². The fourth-order valence-electron chi connectivity index (χ4n) is 2.39. The lowest BCUT2D eigenvalue weighted by Gasteiger charge is -2.19. The van der Waals surface area contributed by atoms with E-state index >= 15 is 0 Å². The first-order valence-corrected chi connectivity index (χ1v) is 6.30. The normalized spacial score (nSPS) is 22.8. The Labute approximate surface area is 107 Å². The molecule has 18 heavy (non-hydrogen) atoms. The third-order valence-electron chi connectivity index (χ3n) is 3.26. The van der Waals surface area contributed by atoms with Gasteiger partial charge >= 0.3 is 5.97 Å². The van der Waals surface area contributed by atoms with Gasteiger partial charge in [-0.3, -0.25) is 4.79 Å². The van der Waals surface area contributed by atoms with Crippen LogP contribution in [0.25, 0.3) is 0 Å². The molecule has 1 aliphatic heterocycles. The Balaban J connectivity index is 2.17. The third-order valence-corrected chi connectivity index (χ3v) is 3.26. The van der Waals surface area contributed by atoms with Gasteiger partial charge in [0.05, 0.1) is 19.6 Å². The van der Waals surface area contributed by atoms with Gasteiger partial charge in [-0.15, -0.1) is 0 Å². The molecule has 4 nitrogen and oxygen atoms in total. The van der Waals surface area contributed by atoms with Gasteiger partial charge in [-0.05, 0) is 37.6 Å². The number of hydrogen-bond donors (Lipinski definition) is 1. The minimum atomic E-state index is -0.115. The molecule has 98 valence electrons. The lowest BCUT2D eigenvalue weighted by Crippen LogP contribution is -2.25. The van der Waals surface area contributed by atoms with Gasteiger partial charge in [-0.1, -0.05) is 12.1 Å². The van der Waals surface area contributed by atoms with Gasteiger partial charge in [-0.25, -0.2) is 0 Å². The molecular formula is C14H19NO3. The van der Waals surface area contributed by atoms with E-state index in [4.69, 9.17) is 9.47 Å². The lowest BCUT2D eigenvalue weighted by atomic mass is 9.94. The molecule has 1 heterocycles. The maximum atomic E-state index is 11.9. The van der Waals surface area contributed by atoms with Crippen molar-refractivity contribution < 1.29 is 14.3 Å². The van der Waals surface area contributed by atoms with E-state index in [1.807, 2.05) is 31.2 Å². The number of carbonyl (C=O) groups is 1. The summed E-state index contributed by atoms with van der Waals surface area (Å²) in [5.41, 5.74) is 1.07. The van der Waals surface area contributed by atoms with E-state index < -0.39 is 0 Å². The SMILES string of the molecule is CCOC(=O)C1CCNC1c1cccc(OC)c1. The van der Waals surface area contributed by atoms with Crippen LogP contribution in [0.2, 0.25) is 0 Å². The van der Waals surface area contributed by atoms with Crippen molar-refractivity contribution in [2.24, 2.45) is 5.92 Å². The third kappa shape index (κ3) is 2.64. The van der Waals surface area contributed by atoms with Gasteiger partial charge in [-0.2, -0.15) is 0 Å². The highest BCUT2D eigenvalue weighted by molar-refractivity contribution is 5.74. The van der Waals surface area contributed by atoms with Crippen LogP contribution in [0.5, 0.6) is 5.75 Å². The number of hydrogen-bond acceptors (Lipinski definition) is 4. The van der Waals surface area contributed by atoms with E-state index in [0.717, 1.165) is 24.3 Å². The van der Waals surface area contributed by atoms with Crippen LogP contribution in [-0.2, 0) is 9.53 Å². The Kier molecular flexibility index (Phi) is 4.20. The van der Waals surface area contributed by atoms with Crippen LogP contribution in [-0.4, -0.2) is 26.2 Å². The van der Waals surface area contributed by atoms with Crippen LogP contribution in [0.15, 0.2) is 24.3 Å². The molecule has 1 aromatic rings. The number of carbonyl (C=O) groups excluding carboxylic acids is 1. The number of esters is 1. The van der Waals surface area contributed by atoms with Gasteiger partial charge in [0.2, 0.25) is 0 Å². The van der Waals surface area contributed by atoms with Crippen molar-refractivity contribution in [2.45, 2.75) is 19.4 Å². The molecule has 1 saturated heterocycles. The van der Waals surface area contributed by atoms with Crippen molar-refractivity contribution in [1.29, 1.82) is 0 Å². The first-order valence-electron chi connectivity index (χ1n) is 6.30. The highest BCUT2D eigenvalue weighted by Crippen LogP contribution is 2.32. The standard InChI is InChI=1S/C14H19NO3/c1-3-18-14(16)12-7-8-15-13(12)10-5-4-6-11(9-10)17-2/h4-6,9,12-13,15H,3,7-8H2,1-2H3. The van der Waals surface area contributed by atoms with Crippen molar-refractivity contribution >= 4 is 5.97 Å². The first kappa shape index (κ1) is 12.9. The summed E-state index contributed by atoms with van der Waals surface area (Å²) in [5.74, 6) is 0.594. The lowest BCUT2D eigenvalue weighted by molar-refractivity contribution is -0.148. The van der Waals surface area contributed by atoms with Crippen molar-refractivity contribution in [2.75, 3.05) is 20.3 Å². The maximum Gasteiger partial charge on any atom is 0.310 e. The van der Waals surface area contributed by atoms with E-state index in [1.165, 1.54) is 0 Å². The summed E-state index contributed by atoms with van der Waals surface area (Å²) >= 11 is 0. The van der Waals surface area contributed by atoms with E-state index in [0.29, 0.717) is 6.61 Å². The second-order valence-electron chi connectivity index (χ2n) is 4.36. The van der Waals surface area contributed by atoms with Gasteiger partial charge in [0.25, 0.3) is 0 Å². The topological polar surface area (TPSA) is 47.6 Å². The Morgan fingerprint density at radius 2 is 2.33 bits per heavy atom. The predicted molar refractivity (Wildman–Crippen MR) is 68.5 cm³/mol. The number of rotatable bonds is 4. The molecule has 1 aliphatic rings. The minimum absolute atomic E-state index is 0.0270. The average Bonchev–Trinajstić information content (AvgIpc) is 2.88. The quantitative estimate of drug-likeness (QED) is 0.828. The Morgan fingerprint density at radius 1 is 1.50 bits per heavy atom. The summed E-state index contributed by atoms with van der Waals surface area (Å²) in [5, 5.41) is 3.36. The largest absolute Gasteiger partial charge is 0.497 e. The summed E-state index contributed by atoms with van der Waals surface area (Å²) < 4.78 is 10.3. The molecule has 0 spiro atoms. The molecule has 2 unspecified atom stereocenters. The van der Waals surface area contributed by atoms with E-state index in [-0.39, 0.29) is 17.9 Å². The molecule has 4 heteroatoms. The summed E-state index contributed by atoms with van der Waals surface area (Å²) in [4.78, 5) is 11.9. The van der Waals surface area contributed by atoms with Crippen LogP contribution in [0, 0.1) is 5.92 Å². The molecule has 0 aliphatic carbocycles. The molecule has 2 rings (SSSR count). The smallest absolute Gasteiger partial charge is 0.310 e. The van der Waals surface area contributed by atoms with Gasteiger partial charge < -0.3 is 14.8 Å². The van der Waals surface area contributed by atoms with Crippen LogP contribution in [0.1, 0.15) is 24.9 Å². The molecule has 2 atom stereocenters. The van der Waals surface area contributed by atoms with E-state index in [9.17, 15) is 4.79 Å². The van der Waals surface area contributed by atoms with Crippen LogP contribution < -0.4 is 10.1 Å². The van der Waals surface area contributed by atoms with Gasteiger partial charge in [0.1, 0.15) is 5.75 Å². The number of methoxy groups -OCH3 is 1. The zero-order valence-corrected chi connectivity index (χ0v) is 10.8. The number of nitrogens with one attached hydrogen (secondary N) is 1. The van der Waals surface area contributed by atoms with E-state index in [1.54, 1.807) is 7.11 Å². The predicted octanol–water partition coefficient (Wildman–Crippen LogP) is 1.91. The Morgan fingerprint density at radius 3 is 3.06 bits per heavy atom. The minimum Gasteiger partial charge on any atom is -0.497 e. The van der Waals surface area contributed by atoms with Crippen molar-refractivity contribution in [3.8, 4) is 5.75 Å². The average molecular weight is 249 g/mol. The second-order valence-corrected chi connectivity index (χ2v) is 4.36. The highest BCUT2D eigenvalue weighted by atomic mass is 16.5. The zero-order valence-electron chi connectivity index (χ0n) is 10.8. The molecule has 0 saturated carbocycles. The Bertz CT molecular complexity index is 419.